The van der Waals surface area contributed by atoms with Gasteiger partial charge in [-0.2, -0.15) is 0 Å². The molecule has 1 fully saturated rings. The van der Waals surface area contributed by atoms with Crippen LogP contribution in [-0.2, 0) is 4.74 Å². The Bertz CT molecular complexity index is 168. The van der Waals surface area contributed by atoms with Crippen LogP contribution in [0.5, 0.6) is 0 Å². The van der Waals surface area contributed by atoms with Gasteiger partial charge in [-0.1, -0.05) is 19.8 Å². The molecule has 0 bridgehead atoms. The van der Waals surface area contributed by atoms with Gasteiger partial charge >= 0.3 is 0 Å². The van der Waals surface area contributed by atoms with Crippen LogP contribution < -0.4 is 5.32 Å². The molecule has 1 N–H and O–H groups in total. The van der Waals surface area contributed by atoms with Crippen LogP contribution in [0.1, 0.15) is 46.5 Å². The third kappa shape index (κ3) is 3.97. The van der Waals surface area contributed by atoms with Crippen molar-refractivity contribution in [1.82, 2.24) is 5.32 Å². The van der Waals surface area contributed by atoms with Crippen LogP contribution in [0.4, 0.5) is 0 Å². The summed E-state index contributed by atoms with van der Waals surface area (Å²) in [4.78, 5) is 0. The Morgan fingerprint density at radius 1 is 1.36 bits per heavy atom. The third-order valence-corrected chi connectivity index (χ3v) is 3.04. The highest BCUT2D eigenvalue weighted by Crippen LogP contribution is 2.24. The first-order valence-corrected chi connectivity index (χ1v) is 5.80. The van der Waals surface area contributed by atoms with Crippen LogP contribution in [0.3, 0.4) is 0 Å². The average Bonchev–Trinajstić information content (AvgIpc) is 2.02. The van der Waals surface area contributed by atoms with Gasteiger partial charge in [0.05, 0.1) is 6.61 Å². The lowest BCUT2D eigenvalue weighted by Crippen LogP contribution is -2.50. The van der Waals surface area contributed by atoms with Gasteiger partial charge in [0.25, 0.3) is 0 Å². The first kappa shape index (κ1) is 12.0. The monoisotopic (exact) mass is 199 g/mol. The van der Waals surface area contributed by atoms with Crippen molar-refractivity contribution in [3.63, 3.8) is 0 Å². The highest BCUT2D eigenvalue weighted by atomic mass is 16.5. The molecule has 2 unspecified atom stereocenters. The summed E-state index contributed by atoms with van der Waals surface area (Å²) in [5.41, 5.74) is 0.122. The first-order valence-electron chi connectivity index (χ1n) is 5.80. The molecule has 1 saturated carbocycles. The zero-order valence-electron chi connectivity index (χ0n) is 10.1. The molecule has 2 heteroatoms. The number of nitrogens with one attached hydrogen (secondary N) is 1. The maximum absolute atomic E-state index is 5.21. The van der Waals surface area contributed by atoms with E-state index in [9.17, 15) is 0 Å². The zero-order chi connectivity index (χ0) is 10.6. The van der Waals surface area contributed by atoms with Crippen LogP contribution in [0.25, 0.3) is 0 Å². The van der Waals surface area contributed by atoms with Gasteiger partial charge in [-0.3, -0.25) is 0 Å². The van der Waals surface area contributed by atoms with Crippen molar-refractivity contribution in [2.24, 2.45) is 5.92 Å². The largest absolute Gasteiger partial charge is 0.383 e. The molecule has 2 nitrogen and oxygen atoms in total. The van der Waals surface area contributed by atoms with E-state index >= 15 is 0 Å². The predicted molar refractivity (Wildman–Crippen MR) is 60.5 cm³/mol. The van der Waals surface area contributed by atoms with Crippen molar-refractivity contribution in [2.45, 2.75) is 58.0 Å². The number of hydrogen-bond acceptors (Lipinski definition) is 2. The molecule has 1 aliphatic rings. The minimum absolute atomic E-state index is 0.122. The summed E-state index contributed by atoms with van der Waals surface area (Å²) in [7, 11) is 1.77. The van der Waals surface area contributed by atoms with E-state index < -0.39 is 0 Å². The number of methoxy groups -OCH3 is 1. The van der Waals surface area contributed by atoms with Gasteiger partial charge in [-0.05, 0) is 32.6 Å². The van der Waals surface area contributed by atoms with Gasteiger partial charge in [-0.25, -0.2) is 0 Å². The fraction of sp³-hybridized carbons (Fsp3) is 1.00. The van der Waals surface area contributed by atoms with Gasteiger partial charge < -0.3 is 10.1 Å². The molecule has 0 aromatic rings. The van der Waals surface area contributed by atoms with E-state index in [1.54, 1.807) is 7.11 Å². The molecule has 0 saturated heterocycles. The molecule has 0 spiro atoms. The van der Waals surface area contributed by atoms with Crippen molar-refractivity contribution >= 4 is 0 Å². The van der Waals surface area contributed by atoms with E-state index in [1.807, 2.05) is 0 Å². The van der Waals surface area contributed by atoms with Gasteiger partial charge in [0.15, 0.2) is 0 Å². The van der Waals surface area contributed by atoms with Crippen LogP contribution in [0.15, 0.2) is 0 Å². The lowest BCUT2D eigenvalue weighted by molar-refractivity contribution is 0.111. The van der Waals surface area contributed by atoms with Crippen molar-refractivity contribution in [1.29, 1.82) is 0 Å². The number of ether oxygens (including phenoxy) is 1. The number of hydrogen-bond donors (Lipinski definition) is 1. The molecular weight excluding hydrogens is 174 g/mol. The standard InChI is InChI=1S/C12H25NO/c1-10-6-5-7-11(8-10)13-12(2,3)9-14-4/h10-11,13H,5-9H2,1-4H3. The molecule has 0 heterocycles. The fourth-order valence-electron chi connectivity index (χ4n) is 2.52. The second kappa shape index (κ2) is 5.13. The summed E-state index contributed by atoms with van der Waals surface area (Å²) in [6.45, 7) is 7.58. The van der Waals surface area contributed by atoms with Gasteiger partial charge in [-0.15, -0.1) is 0 Å². The van der Waals surface area contributed by atoms with Crippen LogP contribution in [0.2, 0.25) is 0 Å². The van der Waals surface area contributed by atoms with E-state index in [0.717, 1.165) is 12.5 Å². The molecule has 0 amide bonds. The highest BCUT2D eigenvalue weighted by molar-refractivity contribution is 4.85. The smallest absolute Gasteiger partial charge is 0.0639 e. The summed E-state index contributed by atoms with van der Waals surface area (Å²) < 4.78 is 5.21. The first-order chi connectivity index (χ1) is 6.53. The Morgan fingerprint density at radius 2 is 2.07 bits per heavy atom. The topological polar surface area (TPSA) is 21.3 Å². The number of rotatable bonds is 4. The fourth-order valence-corrected chi connectivity index (χ4v) is 2.52. The molecule has 1 rings (SSSR count). The van der Waals surface area contributed by atoms with E-state index in [4.69, 9.17) is 4.74 Å². The van der Waals surface area contributed by atoms with Crippen LogP contribution >= 0.6 is 0 Å². The molecule has 0 aromatic heterocycles. The molecule has 1 aliphatic carbocycles. The molecule has 0 radical (unpaired) electrons. The van der Waals surface area contributed by atoms with E-state index in [1.165, 1.54) is 25.7 Å². The maximum atomic E-state index is 5.21. The van der Waals surface area contributed by atoms with E-state index in [0.29, 0.717) is 6.04 Å². The lowest BCUT2D eigenvalue weighted by Gasteiger charge is -2.35. The van der Waals surface area contributed by atoms with Crippen LogP contribution in [0, 0.1) is 5.92 Å². The van der Waals surface area contributed by atoms with E-state index in [2.05, 4.69) is 26.1 Å². The SMILES string of the molecule is COCC(C)(C)NC1CCCC(C)C1. The molecular formula is C12H25NO. The maximum Gasteiger partial charge on any atom is 0.0639 e. The Kier molecular flexibility index (Phi) is 4.39. The minimum atomic E-state index is 0.122. The summed E-state index contributed by atoms with van der Waals surface area (Å²) in [6, 6.07) is 0.698. The highest BCUT2D eigenvalue weighted by Gasteiger charge is 2.25. The van der Waals surface area contributed by atoms with E-state index in [-0.39, 0.29) is 5.54 Å². The van der Waals surface area contributed by atoms with Crippen molar-refractivity contribution in [2.75, 3.05) is 13.7 Å². The molecule has 84 valence electrons. The van der Waals surface area contributed by atoms with Crippen molar-refractivity contribution in [3.05, 3.63) is 0 Å². The zero-order valence-corrected chi connectivity index (χ0v) is 10.1. The minimum Gasteiger partial charge on any atom is -0.383 e. The second-order valence-electron chi connectivity index (χ2n) is 5.43. The van der Waals surface area contributed by atoms with Crippen molar-refractivity contribution < 1.29 is 4.74 Å². The molecule has 0 aliphatic heterocycles. The summed E-state index contributed by atoms with van der Waals surface area (Å²) in [5.74, 6) is 0.889. The lowest BCUT2D eigenvalue weighted by atomic mass is 9.86. The van der Waals surface area contributed by atoms with Crippen molar-refractivity contribution in [3.8, 4) is 0 Å². The van der Waals surface area contributed by atoms with Gasteiger partial charge in [0, 0.05) is 18.7 Å². The Balaban J connectivity index is 2.34. The molecule has 0 aromatic carbocycles. The summed E-state index contributed by atoms with van der Waals surface area (Å²) >= 11 is 0. The Labute approximate surface area is 88.4 Å². The Hall–Kier alpha value is -0.0800. The van der Waals surface area contributed by atoms with Gasteiger partial charge in [0.2, 0.25) is 0 Å². The molecule has 14 heavy (non-hydrogen) atoms. The summed E-state index contributed by atoms with van der Waals surface area (Å²) in [5, 5.41) is 3.70. The average molecular weight is 199 g/mol. The van der Waals surface area contributed by atoms with Crippen LogP contribution in [-0.4, -0.2) is 25.3 Å². The normalized spacial score (nSPS) is 29.1. The predicted octanol–water partition coefficient (Wildman–Crippen LogP) is 2.58. The Morgan fingerprint density at radius 3 is 2.64 bits per heavy atom. The quantitative estimate of drug-likeness (QED) is 0.751. The van der Waals surface area contributed by atoms with Gasteiger partial charge in [0.1, 0.15) is 0 Å². The molecule has 2 atom stereocenters. The second-order valence-corrected chi connectivity index (χ2v) is 5.43. The summed E-state index contributed by atoms with van der Waals surface area (Å²) in [6.07, 6.45) is 5.44. The third-order valence-electron chi connectivity index (χ3n) is 3.04.